The zero-order valence-corrected chi connectivity index (χ0v) is 12.7. The Bertz CT molecular complexity index is 545. The van der Waals surface area contributed by atoms with E-state index >= 15 is 0 Å². The number of amides is 2. The van der Waals surface area contributed by atoms with E-state index < -0.39 is 5.97 Å². The summed E-state index contributed by atoms with van der Waals surface area (Å²) in [6.07, 6.45) is 0. The van der Waals surface area contributed by atoms with Gasteiger partial charge in [-0.2, -0.15) is 0 Å². The Morgan fingerprint density at radius 3 is 2.43 bits per heavy atom. The van der Waals surface area contributed by atoms with Crippen LogP contribution in [0.15, 0.2) is 18.2 Å². The number of hydrogen-bond acceptors (Lipinski definition) is 3. The Labute approximate surface area is 132 Å². The Hall–Kier alpha value is -1.50. The molecule has 0 saturated carbocycles. The van der Waals surface area contributed by atoms with Crippen molar-refractivity contribution >= 4 is 40.9 Å². The molecule has 21 heavy (non-hydrogen) atoms. The standard InChI is InChI=1S/C13H15Cl2N3O3/c14-9-1-2-11(10(15)7-9)16-13(21)18-5-3-17(4-6-18)8-12(19)20/h1-2,7H,3-6,8H2,(H,16,21)(H,19,20). The lowest BCUT2D eigenvalue weighted by Gasteiger charge is -2.33. The maximum atomic E-state index is 12.1. The summed E-state index contributed by atoms with van der Waals surface area (Å²) < 4.78 is 0. The monoisotopic (exact) mass is 331 g/mol. The minimum absolute atomic E-state index is 0.00152. The first-order valence-electron chi connectivity index (χ1n) is 6.41. The summed E-state index contributed by atoms with van der Waals surface area (Å²) in [6, 6.07) is 4.59. The third-order valence-corrected chi connectivity index (χ3v) is 3.74. The maximum Gasteiger partial charge on any atom is 0.321 e. The molecule has 0 unspecified atom stereocenters. The van der Waals surface area contributed by atoms with E-state index in [2.05, 4.69) is 5.32 Å². The van der Waals surface area contributed by atoms with Gasteiger partial charge in [0, 0.05) is 31.2 Å². The number of nitrogens with one attached hydrogen (secondary N) is 1. The fraction of sp³-hybridized carbons (Fsp3) is 0.385. The fourth-order valence-electron chi connectivity index (χ4n) is 2.09. The molecular formula is C13H15Cl2N3O3. The van der Waals surface area contributed by atoms with E-state index in [1.165, 1.54) is 0 Å². The number of rotatable bonds is 3. The molecule has 1 aromatic carbocycles. The van der Waals surface area contributed by atoms with Crippen molar-refractivity contribution in [1.82, 2.24) is 9.80 Å². The summed E-state index contributed by atoms with van der Waals surface area (Å²) >= 11 is 11.8. The summed E-state index contributed by atoms with van der Waals surface area (Å²) in [5, 5.41) is 12.3. The number of halogens is 2. The molecule has 0 radical (unpaired) electrons. The van der Waals surface area contributed by atoms with E-state index in [0.717, 1.165) is 0 Å². The van der Waals surface area contributed by atoms with Crippen molar-refractivity contribution in [1.29, 1.82) is 0 Å². The molecule has 0 spiro atoms. The Morgan fingerprint density at radius 2 is 1.86 bits per heavy atom. The molecule has 6 nitrogen and oxygen atoms in total. The van der Waals surface area contributed by atoms with Crippen LogP contribution in [0.1, 0.15) is 0 Å². The van der Waals surface area contributed by atoms with Crippen molar-refractivity contribution in [3.05, 3.63) is 28.2 Å². The molecule has 1 fully saturated rings. The summed E-state index contributed by atoms with van der Waals surface area (Å²) in [4.78, 5) is 26.2. The second-order valence-electron chi connectivity index (χ2n) is 4.71. The van der Waals surface area contributed by atoms with Crippen LogP contribution in [0.5, 0.6) is 0 Å². The molecule has 2 rings (SSSR count). The number of benzene rings is 1. The zero-order valence-electron chi connectivity index (χ0n) is 11.2. The minimum Gasteiger partial charge on any atom is -0.480 e. The van der Waals surface area contributed by atoms with Gasteiger partial charge in [0.05, 0.1) is 17.3 Å². The average molecular weight is 332 g/mol. The summed E-state index contributed by atoms with van der Waals surface area (Å²) in [6.45, 7) is 2.02. The molecule has 114 valence electrons. The second kappa shape index (κ2) is 6.98. The number of nitrogens with zero attached hydrogens (tertiary/aromatic N) is 2. The van der Waals surface area contributed by atoms with Crippen LogP contribution >= 0.6 is 23.2 Å². The maximum absolute atomic E-state index is 12.1. The van der Waals surface area contributed by atoms with Crippen molar-refractivity contribution in [3.8, 4) is 0 Å². The van der Waals surface area contributed by atoms with Gasteiger partial charge in [-0.15, -0.1) is 0 Å². The highest BCUT2D eigenvalue weighted by Gasteiger charge is 2.22. The molecule has 0 bridgehead atoms. The SMILES string of the molecule is O=C(O)CN1CCN(C(=O)Nc2ccc(Cl)cc2Cl)CC1. The van der Waals surface area contributed by atoms with E-state index in [1.54, 1.807) is 28.0 Å². The van der Waals surface area contributed by atoms with Gasteiger partial charge in [-0.1, -0.05) is 23.2 Å². The molecule has 8 heteroatoms. The van der Waals surface area contributed by atoms with E-state index in [9.17, 15) is 9.59 Å². The highest BCUT2D eigenvalue weighted by molar-refractivity contribution is 6.36. The van der Waals surface area contributed by atoms with Crippen LogP contribution in [-0.2, 0) is 4.79 Å². The number of anilines is 1. The van der Waals surface area contributed by atoms with Gasteiger partial charge in [0.25, 0.3) is 0 Å². The first kappa shape index (κ1) is 15.9. The van der Waals surface area contributed by atoms with Crippen LogP contribution in [0.3, 0.4) is 0 Å². The zero-order chi connectivity index (χ0) is 15.4. The Balaban J connectivity index is 1.89. The quantitative estimate of drug-likeness (QED) is 0.890. The molecule has 0 atom stereocenters. The van der Waals surface area contributed by atoms with Gasteiger partial charge >= 0.3 is 12.0 Å². The normalized spacial score (nSPS) is 15.8. The van der Waals surface area contributed by atoms with Crippen LogP contribution in [0.25, 0.3) is 0 Å². The Morgan fingerprint density at radius 1 is 1.19 bits per heavy atom. The minimum atomic E-state index is -0.860. The van der Waals surface area contributed by atoms with Crippen LogP contribution in [-0.4, -0.2) is 59.6 Å². The number of urea groups is 1. The third kappa shape index (κ3) is 4.49. The number of carboxylic acids is 1. The lowest BCUT2D eigenvalue weighted by atomic mass is 10.3. The van der Waals surface area contributed by atoms with Gasteiger partial charge < -0.3 is 15.3 Å². The molecule has 1 aliphatic heterocycles. The van der Waals surface area contributed by atoms with Crippen LogP contribution in [0.2, 0.25) is 10.0 Å². The number of hydrogen-bond donors (Lipinski definition) is 2. The first-order valence-corrected chi connectivity index (χ1v) is 7.16. The summed E-state index contributed by atoms with van der Waals surface area (Å²) in [5.74, 6) is -0.860. The molecule has 1 saturated heterocycles. The molecule has 2 N–H and O–H groups in total. The molecular weight excluding hydrogens is 317 g/mol. The van der Waals surface area contributed by atoms with Gasteiger partial charge in [-0.25, -0.2) is 4.79 Å². The molecule has 2 amide bonds. The van der Waals surface area contributed by atoms with Crippen LogP contribution in [0, 0.1) is 0 Å². The number of carbonyl (C=O) groups is 2. The molecule has 1 aliphatic rings. The molecule has 0 aliphatic carbocycles. The molecule has 0 aromatic heterocycles. The number of piperazine rings is 1. The smallest absolute Gasteiger partial charge is 0.321 e. The fourth-order valence-corrected chi connectivity index (χ4v) is 2.54. The predicted molar refractivity (Wildman–Crippen MR) is 81.1 cm³/mol. The highest BCUT2D eigenvalue weighted by atomic mass is 35.5. The van der Waals surface area contributed by atoms with Crippen LogP contribution in [0.4, 0.5) is 10.5 Å². The molecule has 1 heterocycles. The second-order valence-corrected chi connectivity index (χ2v) is 5.55. The third-order valence-electron chi connectivity index (χ3n) is 3.19. The van der Waals surface area contributed by atoms with E-state index in [0.29, 0.717) is 41.9 Å². The number of carboxylic acid groups (broad SMARTS) is 1. The van der Waals surface area contributed by atoms with Crippen molar-refractivity contribution in [3.63, 3.8) is 0 Å². The topological polar surface area (TPSA) is 72.9 Å². The number of carbonyl (C=O) groups excluding carboxylic acids is 1. The lowest BCUT2D eigenvalue weighted by Crippen LogP contribution is -2.51. The largest absolute Gasteiger partial charge is 0.480 e. The average Bonchev–Trinajstić information content (AvgIpc) is 2.42. The molecule has 1 aromatic rings. The van der Waals surface area contributed by atoms with Crippen molar-refractivity contribution in [2.45, 2.75) is 0 Å². The van der Waals surface area contributed by atoms with Crippen molar-refractivity contribution < 1.29 is 14.7 Å². The van der Waals surface area contributed by atoms with E-state index in [4.69, 9.17) is 28.3 Å². The highest BCUT2D eigenvalue weighted by Crippen LogP contribution is 2.25. The van der Waals surface area contributed by atoms with Gasteiger partial charge in [0.1, 0.15) is 0 Å². The predicted octanol–water partition coefficient (Wildman–Crippen LogP) is 2.23. The summed E-state index contributed by atoms with van der Waals surface area (Å²) in [7, 11) is 0. The van der Waals surface area contributed by atoms with Gasteiger partial charge in [0.2, 0.25) is 0 Å². The van der Waals surface area contributed by atoms with Gasteiger partial charge in [-0.3, -0.25) is 9.69 Å². The van der Waals surface area contributed by atoms with Gasteiger partial charge in [0.15, 0.2) is 0 Å². The van der Waals surface area contributed by atoms with E-state index in [-0.39, 0.29) is 12.6 Å². The Kier molecular flexibility index (Phi) is 5.27. The summed E-state index contributed by atoms with van der Waals surface area (Å²) in [5.41, 5.74) is 0.499. The van der Waals surface area contributed by atoms with Crippen molar-refractivity contribution in [2.75, 3.05) is 38.0 Å². The number of aliphatic carboxylic acids is 1. The van der Waals surface area contributed by atoms with E-state index in [1.807, 2.05) is 0 Å². The van der Waals surface area contributed by atoms with Gasteiger partial charge in [-0.05, 0) is 18.2 Å². The lowest BCUT2D eigenvalue weighted by molar-refractivity contribution is -0.138. The van der Waals surface area contributed by atoms with Crippen molar-refractivity contribution in [2.24, 2.45) is 0 Å². The van der Waals surface area contributed by atoms with Crippen LogP contribution < -0.4 is 5.32 Å². The first-order chi connectivity index (χ1) is 9.95.